The molecule has 7 heteroatoms. The first kappa shape index (κ1) is 17.1. The Labute approximate surface area is 153 Å². The third-order valence-corrected chi connectivity index (χ3v) is 5.82. The Balaban J connectivity index is 1.41. The van der Waals surface area contributed by atoms with Gasteiger partial charge in [0.25, 0.3) is 0 Å². The fourth-order valence-electron chi connectivity index (χ4n) is 4.06. The van der Waals surface area contributed by atoms with Crippen molar-refractivity contribution in [1.29, 1.82) is 0 Å². The lowest BCUT2D eigenvalue weighted by Crippen LogP contribution is -2.45. The molecule has 4 rings (SSSR count). The third-order valence-electron chi connectivity index (χ3n) is 5.82. The monoisotopic (exact) mass is 354 g/mol. The second kappa shape index (κ2) is 6.46. The molecule has 1 aliphatic heterocycles. The van der Waals surface area contributed by atoms with E-state index in [0.29, 0.717) is 5.82 Å². The number of benzene rings is 1. The molecule has 7 nitrogen and oxygen atoms in total. The molecule has 1 saturated heterocycles. The maximum atomic E-state index is 12.8. The molecule has 138 valence electrons. The van der Waals surface area contributed by atoms with E-state index in [4.69, 9.17) is 0 Å². The van der Waals surface area contributed by atoms with Crippen LogP contribution in [0.1, 0.15) is 38.7 Å². The first-order chi connectivity index (χ1) is 12.5. The molecule has 2 heterocycles. The molecule has 1 unspecified atom stereocenters. The summed E-state index contributed by atoms with van der Waals surface area (Å²) in [5.41, 5.74) is 2.22. The second-order valence-electron chi connectivity index (χ2n) is 8.19. The van der Waals surface area contributed by atoms with Crippen molar-refractivity contribution >= 4 is 5.91 Å². The molecular weight excluding hydrogens is 328 g/mol. The van der Waals surface area contributed by atoms with Crippen molar-refractivity contribution < 1.29 is 4.79 Å². The van der Waals surface area contributed by atoms with Gasteiger partial charge in [0.15, 0.2) is 0 Å². The van der Waals surface area contributed by atoms with Crippen LogP contribution in [0, 0.1) is 11.3 Å². The normalized spacial score (nSPS) is 27.4. The number of hydrogen-bond acceptors (Lipinski definition) is 5. The van der Waals surface area contributed by atoms with Crippen molar-refractivity contribution in [1.82, 2.24) is 30.8 Å². The van der Waals surface area contributed by atoms with Gasteiger partial charge in [0, 0.05) is 30.6 Å². The van der Waals surface area contributed by atoms with Crippen molar-refractivity contribution in [3.05, 3.63) is 29.8 Å². The first-order valence-corrected chi connectivity index (χ1v) is 9.34. The number of H-pyrrole nitrogens is 1. The Morgan fingerprint density at radius 3 is 2.96 bits per heavy atom. The summed E-state index contributed by atoms with van der Waals surface area (Å²) in [7, 11) is 0. The highest BCUT2D eigenvalue weighted by Crippen LogP contribution is 2.48. The number of amides is 1. The number of nitrogens with zero attached hydrogens (tertiary/aromatic N) is 4. The summed E-state index contributed by atoms with van der Waals surface area (Å²) in [6, 6.07) is 8.34. The van der Waals surface area contributed by atoms with Gasteiger partial charge in [0.2, 0.25) is 11.7 Å². The molecule has 1 amide bonds. The van der Waals surface area contributed by atoms with Crippen molar-refractivity contribution in [3.8, 4) is 11.4 Å². The number of carbonyl (C=O) groups excluding carboxylic acids is 1. The highest BCUT2D eigenvalue weighted by atomic mass is 16.2. The molecular formula is C19H26N6O. The number of likely N-dealkylation sites (tertiary alicyclic amines) is 1. The lowest BCUT2D eigenvalue weighted by atomic mass is 9.87. The zero-order valence-electron chi connectivity index (χ0n) is 15.6. The smallest absolute Gasteiger partial charge is 0.224 e. The molecule has 3 atom stereocenters. The van der Waals surface area contributed by atoms with Gasteiger partial charge >= 0.3 is 0 Å². The van der Waals surface area contributed by atoms with Gasteiger partial charge in [-0.2, -0.15) is 5.21 Å². The molecule has 1 aliphatic carbocycles. The molecule has 2 aliphatic rings. The lowest BCUT2D eigenvalue weighted by Gasteiger charge is -2.26. The minimum atomic E-state index is 0.0713. The maximum absolute atomic E-state index is 12.8. The molecule has 2 fully saturated rings. The Hall–Kier alpha value is -2.28. The summed E-state index contributed by atoms with van der Waals surface area (Å²) in [5, 5.41) is 17.5. The van der Waals surface area contributed by atoms with E-state index >= 15 is 0 Å². The first-order valence-electron chi connectivity index (χ1n) is 9.34. The molecule has 0 spiro atoms. The number of tetrazole rings is 1. The van der Waals surface area contributed by atoms with E-state index in [9.17, 15) is 4.79 Å². The standard InChI is InChI=1S/C19H26N6O/c1-4-25-10-16(19(2,3)11-25)20-18(26)15-9-14(15)12-6-5-7-13(8-12)17-21-23-24-22-17/h5-8,14-16H,4,9-11H2,1-3H3,(H,20,26)(H,21,22,23,24)/t14-,15+,16?/m0/s1. The van der Waals surface area contributed by atoms with Gasteiger partial charge in [-0.15, -0.1) is 10.2 Å². The Morgan fingerprint density at radius 1 is 1.42 bits per heavy atom. The predicted octanol–water partition coefficient (Wildman–Crippen LogP) is 1.82. The van der Waals surface area contributed by atoms with Crippen LogP contribution in [0.5, 0.6) is 0 Å². The number of carbonyl (C=O) groups is 1. The number of aromatic amines is 1. The largest absolute Gasteiger partial charge is 0.351 e. The minimum absolute atomic E-state index is 0.0713. The van der Waals surface area contributed by atoms with Gasteiger partial charge in [0.05, 0.1) is 0 Å². The topological polar surface area (TPSA) is 86.8 Å². The zero-order chi connectivity index (χ0) is 18.3. The van der Waals surface area contributed by atoms with Gasteiger partial charge in [0.1, 0.15) is 0 Å². The molecule has 0 bridgehead atoms. The van der Waals surface area contributed by atoms with Crippen molar-refractivity contribution in [2.45, 2.75) is 39.2 Å². The van der Waals surface area contributed by atoms with Crippen LogP contribution < -0.4 is 5.32 Å². The van der Waals surface area contributed by atoms with Gasteiger partial charge < -0.3 is 10.2 Å². The fourth-order valence-corrected chi connectivity index (χ4v) is 4.06. The average molecular weight is 354 g/mol. The van der Waals surface area contributed by atoms with Crippen LogP contribution in [-0.2, 0) is 4.79 Å². The number of aromatic nitrogens is 4. The summed E-state index contributed by atoms with van der Waals surface area (Å²) in [6.45, 7) is 9.67. The summed E-state index contributed by atoms with van der Waals surface area (Å²) < 4.78 is 0. The SMILES string of the molecule is CCN1CC(NC(=O)[C@@H]2C[C@H]2c2cccc(-c3nn[nH]n3)c2)C(C)(C)C1. The van der Waals surface area contributed by atoms with Crippen LogP contribution >= 0.6 is 0 Å². The van der Waals surface area contributed by atoms with Crippen LogP contribution in [0.2, 0.25) is 0 Å². The molecule has 1 aromatic carbocycles. The number of hydrogen-bond donors (Lipinski definition) is 2. The van der Waals surface area contributed by atoms with E-state index in [-0.39, 0.29) is 29.2 Å². The van der Waals surface area contributed by atoms with Gasteiger partial charge in [-0.1, -0.05) is 39.0 Å². The summed E-state index contributed by atoms with van der Waals surface area (Å²) in [6.07, 6.45) is 0.909. The van der Waals surface area contributed by atoms with Crippen LogP contribution in [0.15, 0.2) is 24.3 Å². The predicted molar refractivity (Wildman–Crippen MR) is 98.3 cm³/mol. The molecule has 2 N–H and O–H groups in total. The highest BCUT2D eigenvalue weighted by Gasteiger charge is 2.47. The van der Waals surface area contributed by atoms with Gasteiger partial charge in [-0.05, 0) is 41.1 Å². The summed E-state index contributed by atoms with van der Waals surface area (Å²) in [4.78, 5) is 15.2. The molecule has 1 saturated carbocycles. The Bertz CT molecular complexity index is 787. The van der Waals surface area contributed by atoms with Gasteiger partial charge in [-0.25, -0.2) is 0 Å². The van der Waals surface area contributed by atoms with Crippen molar-refractivity contribution in [2.75, 3.05) is 19.6 Å². The van der Waals surface area contributed by atoms with Crippen molar-refractivity contribution in [3.63, 3.8) is 0 Å². The fraction of sp³-hybridized carbons (Fsp3) is 0.579. The van der Waals surface area contributed by atoms with E-state index in [0.717, 1.165) is 31.6 Å². The summed E-state index contributed by atoms with van der Waals surface area (Å²) in [5.74, 6) is 1.13. The van der Waals surface area contributed by atoms with Crippen molar-refractivity contribution in [2.24, 2.45) is 11.3 Å². The Morgan fingerprint density at radius 2 is 2.27 bits per heavy atom. The Kier molecular flexibility index (Phi) is 4.26. The molecule has 0 radical (unpaired) electrons. The van der Waals surface area contributed by atoms with Gasteiger partial charge in [-0.3, -0.25) is 4.79 Å². The van der Waals surface area contributed by atoms with E-state index in [1.54, 1.807) is 0 Å². The van der Waals surface area contributed by atoms with E-state index in [1.165, 1.54) is 5.56 Å². The molecule has 26 heavy (non-hydrogen) atoms. The lowest BCUT2D eigenvalue weighted by molar-refractivity contribution is -0.123. The highest BCUT2D eigenvalue weighted by molar-refractivity contribution is 5.83. The van der Waals surface area contributed by atoms with Crippen LogP contribution in [-0.4, -0.2) is 57.1 Å². The van der Waals surface area contributed by atoms with Crippen LogP contribution in [0.3, 0.4) is 0 Å². The quantitative estimate of drug-likeness (QED) is 0.855. The second-order valence-corrected chi connectivity index (χ2v) is 8.19. The third kappa shape index (κ3) is 3.23. The summed E-state index contributed by atoms with van der Waals surface area (Å²) >= 11 is 0. The maximum Gasteiger partial charge on any atom is 0.224 e. The number of nitrogens with one attached hydrogen (secondary N) is 2. The molecule has 2 aromatic rings. The average Bonchev–Trinajstić information content (AvgIpc) is 3.13. The number of likely N-dealkylation sites (N-methyl/N-ethyl adjacent to an activating group) is 1. The molecule has 1 aromatic heterocycles. The minimum Gasteiger partial charge on any atom is -0.351 e. The zero-order valence-corrected chi connectivity index (χ0v) is 15.6. The van der Waals surface area contributed by atoms with E-state index < -0.39 is 0 Å². The van der Waals surface area contributed by atoms with Crippen LogP contribution in [0.4, 0.5) is 0 Å². The van der Waals surface area contributed by atoms with E-state index in [1.807, 2.05) is 12.1 Å². The van der Waals surface area contributed by atoms with E-state index in [2.05, 4.69) is 63.7 Å². The van der Waals surface area contributed by atoms with Crippen LogP contribution in [0.25, 0.3) is 11.4 Å². The number of rotatable bonds is 5.